The topological polar surface area (TPSA) is 66.0 Å². The van der Waals surface area contributed by atoms with E-state index in [1.165, 1.54) is 0 Å². The maximum atomic E-state index is 8.76. The van der Waals surface area contributed by atoms with Crippen LogP contribution in [0.4, 0.5) is 0 Å². The smallest absolute Gasteiger partial charge is 0.231 e. The van der Waals surface area contributed by atoms with E-state index in [4.69, 9.17) is 20.0 Å². The molecule has 2 rings (SSSR count). The molecule has 78 valence electrons. The second-order valence-electron chi connectivity index (χ2n) is 3.29. The Morgan fingerprint density at radius 2 is 1.88 bits per heavy atom. The molecule has 1 aliphatic rings. The van der Waals surface area contributed by atoms with Gasteiger partial charge in [0.1, 0.15) is 17.7 Å². The molecule has 0 unspecified atom stereocenters. The maximum Gasteiger partial charge on any atom is 0.231 e. The molecule has 1 aliphatic heterocycles. The lowest BCUT2D eigenvalue weighted by Gasteiger charge is -2.02. The van der Waals surface area contributed by atoms with Gasteiger partial charge >= 0.3 is 0 Å². The lowest BCUT2D eigenvalue weighted by atomic mass is 10.0. The van der Waals surface area contributed by atoms with Crippen molar-refractivity contribution in [2.24, 2.45) is 0 Å². The van der Waals surface area contributed by atoms with Gasteiger partial charge in [0.2, 0.25) is 6.79 Å². The van der Waals surface area contributed by atoms with E-state index in [9.17, 15) is 0 Å². The van der Waals surface area contributed by atoms with Crippen LogP contribution >= 0.6 is 0 Å². The summed E-state index contributed by atoms with van der Waals surface area (Å²) < 4.78 is 10.4. The van der Waals surface area contributed by atoms with Crippen molar-refractivity contribution in [1.29, 1.82) is 10.5 Å². The molecule has 0 atom stereocenters. The van der Waals surface area contributed by atoms with Gasteiger partial charge in [0.25, 0.3) is 0 Å². The molecule has 1 heterocycles. The Balaban J connectivity index is 2.48. The molecular formula is C12H8N2O2. The summed E-state index contributed by atoms with van der Waals surface area (Å²) in [6, 6.07) is 9.07. The van der Waals surface area contributed by atoms with Crippen LogP contribution < -0.4 is 9.47 Å². The minimum Gasteiger partial charge on any atom is -0.454 e. The quantitative estimate of drug-likeness (QED) is 0.669. The number of rotatable bonds is 1. The molecule has 1 aromatic rings. The van der Waals surface area contributed by atoms with E-state index in [0.29, 0.717) is 17.1 Å². The Labute approximate surface area is 92.9 Å². The number of fused-ring (bicyclic) bond motifs is 1. The summed E-state index contributed by atoms with van der Waals surface area (Å²) in [5.74, 6) is 1.33. The number of nitriles is 2. The van der Waals surface area contributed by atoms with Gasteiger partial charge in [0.05, 0.1) is 0 Å². The first-order valence-electron chi connectivity index (χ1n) is 4.67. The highest BCUT2D eigenvalue weighted by Crippen LogP contribution is 2.34. The second-order valence-corrected chi connectivity index (χ2v) is 3.29. The molecule has 4 nitrogen and oxygen atoms in total. The van der Waals surface area contributed by atoms with Crippen LogP contribution in [0.15, 0.2) is 23.8 Å². The second kappa shape index (κ2) is 3.96. The third-order valence-corrected chi connectivity index (χ3v) is 2.40. The van der Waals surface area contributed by atoms with Crippen molar-refractivity contribution in [2.45, 2.75) is 6.92 Å². The summed E-state index contributed by atoms with van der Waals surface area (Å²) in [7, 11) is 0. The van der Waals surface area contributed by atoms with Crippen LogP contribution in [-0.4, -0.2) is 6.79 Å². The number of hydrogen-bond acceptors (Lipinski definition) is 4. The molecule has 0 radical (unpaired) electrons. The number of benzene rings is 1. The lowest BCUT2D eigenvalue weighted by molar-refractivity contribution is 0.174. The highest BCUT2D eigenvalue weighted by Gasteiger charge is 2.14. The third-order valence-electron chi connectivity index (χ3n) is 2.40. The highest BCUT2D eigenvalue weighted by molar-refractivity contribution is 5.75. The summed E-state index contributed by atoms with van der Waals surface area (Å²) in [6.45, 7) is 1.95. The van der Waals surface area contributed by atoms with Crippen molar-refractivity contribution in [3.05, 3.63) is 29.3 Å². The molecule has 0 amide bonds. The molecule has 0 saturated carbocycles. The highest BCUT2D eigenvalue weighted by atomic mass is 16.7. The SMILES string of the molecule is CC(=C(C#N)C#N)c1ccc2c(c1)OCO2. The summed E-state index contributed by atoms with van der Waals surface area (Å²) >= 11 is 0. The van der Waals surface area contributed by atoms with Crippen LogP contribution in [0.25, 0.3) is 5.57 Å². The van der Waals surface area contributed by atoms with Crippen LogP contribution in [0, 0.1) is 22.7 Å². The van der Waals surface area contributed by atoms with Crippen molar-refractivity contribution < 1.29 is 9.47 Å². The standard InChI is InChI=1S/C12H8N2O2/c1-8(10(5-13)6-14)9-2-3-11-12(4-9)16-7-15-11/h2-4H,7H2,1H3. The Bertz CT molecular complexity index is 531. The third kappa shape index (κ3) is 1.57. The van der Waals surface area contributed by atoms with E-state index in [2.05, 4.69) is 0 Å². The molecule has 0 aliphatic carbocycles. The van der Waals surface area contributed by atoms with Gasteiger partial charge < -0.3 is 9.47 Å². The minimum absolute atomic E-state index is 0.110. The first kappa shape index (κ1) is 10.1. The van der Waals surface area contributed by atoms with Crippen LogP contribution in [0.3, 0.4) is 0 Å². The largest absolute Gasteiger partial charge is 0.454 e. The van der Waals surface area contributed by atoms with E-state index < -0.39 is 0 Å². The number of hydrogen-bond donors (Lipinski definition) is 0. The van der Waals surface area contributed by atoms with Gasteiger partial charge in [-0.3, -0.25) is 0 Å². The Hall–Kier alpha value is -2.46. The molecule has 0 aromatic heterocycles. The number of allylic oxidation sites excluding steroid dienone is 2. The van der Waals surface area contributed by atoms with Crippen LogP contribution in [-0.2, 0) is 0 Å². The Morgan fingerprint density at radius 1 is 1.19 bits per heavy atom. The molecule has 1 aromatic carbocycles. The summed E-state index contributed by atoms with van der Waals surface area (Å²) in [5, 5.41) is 17.5. The average molecular weight is 212 g/mol. The lowest BCUT2D eigenvalue weighted by Crippen LogP contribution is -1.92. The van der Waals surface area contributed by atoms with Crippen molar-refractivity contribution in [3.63, 3.8) is 0 Å². The molecule has 0 N–H and O–H groups in total. The summed E-state index contributed by atoms with van der Waals surface area (Å²) in [5.41, 5.74) is 1.55. The zero-order valence-corrected chi connectivity index (χ0v) is 8.65. The zero-order chi connectivity index (χ0) is 11.5. The molecule has 4 heteroatoms. The zero-order valence-electron chi connectivity index (χ0n) is 8.65. The van der Waals surface area contributed by atoms with Crippen molar-refractivity contribution in [3.8, 4) is 23.6 Å². The fraction of sp³-hybridized carbons (Fsp3) is 0.167. The minimum atomic E-state index is 0.110. The van der Waals surface area contributed by atoms with Gasteiger partial charge in [0, 0.05) is 0 Å². The fourth-order valence-corrected chi connectivity index (χ4v) is 1.47. The molecule has 0 fully saturated rings. The molecule has 0 spiro atoms. The van der Waals surface area contributed by atoms with Crippen LogP contribution in [0.1, 0.15) is 12.5 Å². The molecule has 16 heavy (non-hydrogen) atoms. The monoisotopic (exact) mass is 212 g/mol. The predicted octanol–water partition coefficient (Wildman–Crippen LogP) is 2.24. The molecule has 0 bridgehead atoms. The number of ether oxygens (including phenoxy) is 2. The van der Waals surface area contributed by atoms with Crippen molar-refractivity contribution in [2.75, 3.05) is 6.79 Å². The average Bonchev–Trinajstić information content (AvgIpc) is 2.77. The van der Waals surface area contributed by atoms with Crippen molar-refractivity contribution in [1.82, 2.24) is 0 Å². The normalized spacial score (nSPS) is 11.4. The van der Waals surface area contributed by atoms with Gasteiger partial charge in [-0.05, 0) is 30.2 Å². The van der Waals surface area contributed by atoms with E-state index in [1.54, 1.807) is 25.1 Å². The van der Waals surface area contributed by atoms with E-state index >= 15 is 0 Å². The van der Waals surface area contributed by atoms with Crippen LogP contribution in [0.2, 0.25) is 0 Å². The first-order valence-corrected chi connectivity index (χ1v) is 4.67. The van der Waals surface area contributed by atoms with Gasteiger partial charge in [-0.2, -0.15) is 10.5 Å². The fourth-order valence-electron chi connectivity index (χ4n) is 1.47. The summed E-state index contributed by atoms with van der Waals surface area (Å²) in [6.07, 6.45) is 0. The first-order chi connectivity index (χ1) is 7.76. The Morgan fingerprint density at radius 3 is 2.56 bits per heavy atom. The van der Waals surface area contributed by atoms with Crippen LogP contribution in [0.5, 0.6) is 11.5 Å². The predicted molar refractivity (Wildman–Crippen MR) is 56.4 cm³/mol. The summed E-state index contributed by atoms with van der Waals surface area (Å²) in [4.78, 5) is 0. The van der Waals surface area contributed by atoms with Gasteiger partial charge in [-0.25, -0.2) is 0 Å². The molecular weight excluding hydrogens is 204 g/mol. The van der Waals surface area contributed by atoms with E-state index in [0.717, 1.165) is 5.56 Å². The maximum absolute atomic E-state index is 8.76. The van der Waals surface area contributed by atoms with E-state index in [1.807, 2.05) is 12.1 Å². The molecule has 0 saturated heterocycles. The van der Waals surface area contributed by atoms with E-state index in [-0.39, 0.29) is 12.4 Å². The van der Waals surface area contributed by atoms with Gasteiger partial charge in [-0.15, -0.1) is 0 Å². The van der Waals surface area contributed by atoms with Gasteiger partial charge in [0.15, 0.2) is 11.5 Å². The van der Waals surface area contributed by atoms with Crippen molar-refractivity contribution >= 4 is 5.57 Å². The number of nitrogens with zero attached hydrogens (tertiary/aromatic N) is 2. The Kier molecular flexibility index (Phi) is 2.49. The van der Waals surface area contributed by atoms with Gasteiger partial charge in [-0.1, -0.05) is 6.07 Å².